The molecule has 0 bridgehead atoms. The summed E-state index contributed by atoms with van der Waals surface area (Å²) in [4.78, 5) is 13.9. The molecule has 0 N–H and O–H groups in total. The standard InChI is InChI=1S/C19H23ClN2O4S/c1-15-5-4-6-17(13-15)26-12-11-21(2)19(23)14-22(3)27(24,25)18-9-7-16(20)8-10-18/h4-10,13H,11-12,14H2,1-3H3. The highest BCUT2D eigenvalue weighted by atomic mass is 35.5. The number of amides is 1. The van der Waals surface area contributed by atoms with Crippen molar-refractivity contribution in [3.8, 4) is 5.75 Å². The predicted molar refractivity (Wildman–Crippen MR) is 106 cm³/mol. The van der Waals surface area contributed by atoms with Gasteiger partial charge in [0.1, 0.15) is 12.4 Å². The molecular weight excluding hydrogens is 388 g/mol. The van der Waals surface area contributed by atoms with Crippen LogP contribution >= 0.6 is 11.6 Å². The largest absolute Gasteiger partial charge is 0.492 e. The fourth-order valence-electron chi connectivity index (χ4n) is 2.31. The molecule has 0 aromatic heterocycles. The zero-order valence-corrected chi connectivity index (χ0v) is 17.1. The van der Waals surface area contributed by atoms with Crippen molar-refractivity contribution in [3.63, 3.8) is 0 Å². The summed E-state index contributed by atoms with van der Waals surface area (Å²) in [5, 5.41) is 0.445. The third-order valence-electron chi connectivity index (χ3n) is 3.99. The number of aryl methyl sites for hydroxylation is 1. The number of hydrogen-bond donors (Lipinski definition) is 0. The first-order chi connectivity index (χ1) is 12.7. The minimum absolute atomic E-state index is 0.0904. The molecule has 6 nitrogen and oxygen atoms in total. The van der Waals surface area contributed by atoms with Crippen LogP contribution in [0, 0.1) is 6.92 Å². The molecule has 0 aliphatic rings. The van der Waals surface area contributed by atoms with Gasteiger partial charge in [-0.15, -0.1) is 0 Å². The minimum atomic E-state index is -3.76. The number of hydrogen-bond acceptors (Lipinski definition) is 4. The first-order valence-corrected chi connectivity index (χ1v) is 10.2. The normalized spacial score (nSPS) is 11.4. The highest BCUT2D eigenvalue weighted by Gasteiger charge is 2.24. The summed E-state index contributed by atoms with van der Waals surface area (Å²) in [5.74, 6) is 0.418. The van der Waals surface area contributed by atoms with Crippen molar-refractivity contribution in [2.45, 2.75) is 11.8 Å². The highest BCUT2D eigenvalue weighted by Crippen LogP contribution is 2.17. The van der Waals surface area contributed by atoms with E-state index in [1.807, 2.05) is 31.2 Å². The third-order valence-corrected chi connectivity index (χ3v) is 6.06. The number of likely N-dealkylation sites (N-methyl/N-ethyl adjacent to an activating group) is 2. The lowest BCUT2D eigenvalue weighted by molar-refractivity contribution is -0.130. The van der Waals surface area contributed by atoms with Gasteiger partial charge in [0.05, 0.1) is 18.0 Å². The van der Waals surface area contributed by atoms with Crippen molar-refractivity contribution in [1.29, 1.82) is 0 Å². The maximum atomic E-state index is 12.5. The van der Waals surface area contributed by atoms with E-state index in [1.165, 1.54) is 36.2 Å². The van der Waals surface area contributed by atoms with Gasteiger partial charge >= 0.3 is 0 Å². The Labute approximate surface area is 165 Å². The van der Waals surface area contributed by atoms with Crippen LogP contribution in [-0.4, -0.2) is 57.3 Å². The van der Waals surface area contributed by atoms with Gasteiger partial charge in [0.25, 0.3) is 0 Å². The van der Waals surface area contributed by atoms with E-state index in [1.54, 1.807) is 7.05 Å². The van der Waals surface area contributed by atoms with Crippen LogP contribution in [0.2, 0.25) is 5.02 Å². The molecule has 0 heterocycles. The van der Waals surface area contributed by atoms with E-state index < -0.39 is 10.0 Å². The number of rotatable bonds is 8. The van der Waals surface area contributed by atoms with Gasteiger partial charge in [-0.2, -0.15) is 4.31 Å². The van der Waals surface area contributed by atoms with Crippen molar-refractivity contribution >= 4 is 27.5 Å². The van der Waals surface area contributed by atoms with Gasteiger partial charge in [-0.25, -0.2) is 8.42 Å². The lowest BCUT2D eigenvalue weighted by atomic mass is 10.2. The fourth-order valence-corrected chi connectivity index (χ4v) is 3.56. The molecule has 2 aromatic carbocycles. The van der Waals surface area contributed by atoms with Crippen LogP contribution in [0.5, 0.6) is 5.75 Å². The summed E-state index contributed by atoms with van der Waals surface area (Å²) in [6, 6.07) is 13.5. The molecule has 0 saturated heterocycles. The summed E-state index contributed by atoms with van der Waals surface area (Å²) in [5.41, 5.74) is 1.09. The second-order valence-electron chi connectivity index (χ2n) is 6.20. The van der Waals surface area contributed by atoms with E-state index in [2.05, 4.69) is 0 Å². The van der Waals surface area contributed by atoms with Crippen LogP contribution < -0.4 is 4.74 Å². The predicted octanol–water partition coefficient (Wildman–Crippen LogP) is 2.81. The summed E-state index contributed by atoms with van der Waals surface area (Å²) in [6.07, 6.45) is 0. The van der Waals surface area contributed by atoms with E-state index in [4.69, 9.17) is 16.3 Å². The Kier molecular flexibility index (Phi) is 7.24. The molecule has 8 heteroatoms. The van der Waals surface area contributed by atoms with Crippen molar-refractivity contribution in [2.75, 3.05) is 33.8 Å². The lowest BCUT2D eigenvalue weighted by Crippen LogP contribution is -2.40. The second-order valence-corrected chi connectivity index (χ2v) is 8.68. The molecule has 2 aromatic rings. The lowest BCUT2D eigenvalue weighted by Gasteiger charge is -2.22. The monoisotopic (exact) mass is 410 g/mol. The Morgan fingerprint density at radius 1 is 1.11 bits per heavy atom. The highest BCUT2D eigenvalue weighted by molar-refractivity contribution is 7.89. The third kappa shape index (κ3) is 5.95. The molecule has 0 aliphatic heterocycles. The summed E-state index contributed by atoms with van der Waals surface area (Å²) < 4.78 is 31.7. The van der Waals surface area contributed by atoms with Crippen molar-refractivity contribution in [2.24, 2.45) is 0 Å². The average molecular weight is 411 g/mol. The van der Waals surface area contributed by atoms with E-state index in [-0.39, 0.29) is 17.3 Å². The molecule has 146 valence electrons. The van der Waals surface area contributed by atoms with E-state index in [9.17, 15) is 13.2 Å². The van der Waals surface area contributed by atoms with E-state index in [0.717, 1.165) is 15.6 Å². The quantitative estimate of drug-likeness (QED) is 0.671. The zero-order chi connectivity index (χ0) is 20.0. The van der Waals surface area contributed by atoms with Crippen molar-refractivity contribution in [3.05, 3.63) is 59.1 Å². The van der Waals surface area contributed by atoms with E-state index >= 15 is 0 Å². The molecule has 0 atom stereocenters. The van der Waals surface area contributed by atoms with Crippen LogP contribution in [0.4, 0.5) is 0 Å². The second kappa shape index (κ2) is 9.21. The Morgan fingerprint density at radius 2 is 1.78 bits per heavy atom. The van der Waals surface area contributed by atoms with Gasteiger partial charge in [-0.05, 0) is 48.9 Å². The van der Waals surface area contributed by atoms with Gasteiger partial charge < -0.3 is 9.64 Å². The number of carbonyl (C=O) groups is 1. The van der Waals surface area contributed by atoms with Crippen LogP contribution in [0.3, 0.4) is 0 Å². The van der Waals surface area contributed by atoms with Gasteiger partial charge in [-0.1, -0.05) is 23.7 Å². The number of nitrogens with zero attached hydrogens (tertiary/aromatic N) is 2. The van der Waals surface area contributed by atoms with Crippen molar-refractivity contribution < 1.29 is 17.9 Å². The summed E-state index contributed by atoms with van der Waals surface area (Å²) in [6.45, 7) is 2.38. The Balaban J connectivity index is 1.88. The Bertz CT molecular complexity index is 885. The average Bonchev–Trinajstić information content (AvgIpc) is 2.62. The summed E-state index contributed by atoms with van der Waals surface area (Å²) >= 11 is 5.79. The molecule has 0 radical (unpaired) electrons. The molecule has 0 unspecified atom stereocenters. The van der Waals surface area contributed by atoms with Gasteiger partial charge in [-0.3, -0.25) is 4.79 Å². The SMILES string of the molecule is Cc1cccc(OCCN(C)C(=O)CN(C)S(=O)(=O)c2ccc(Cl)cc2)c1. The van der Waals surface area contributed by atoms with E-state index in [0.29, 0.717) is 18.2 Å². The fraction of sp³-hybridized carbons (Fsp3) is 0.316. The van der Waals surface area contributed by atoms with Crippen molar-refractivity contribution in [1.82, 2.24) is 9.21 Å². The zero-order valence-electron chi connectivity index (χ0n) is 15.6. The van der Waals surface area contributed by atoms with Gasteiger partial charge in [0.15, 0.2) is 0 Å². The van der Waals surface area contributed by atoms with Gasteiger partial charge in [0, 0.05) is 19.1 Å². The summed E-state index contributed by atoms with van der Waals surface area (Å²) in [7, 11) is -0.767. The molecular formula is C19H23ClN2O4S. The molecule has 1 amide bonds. The van der Waals surface area contributed by atoms with Crippen LogP contribution in [0.25, 0.3) is 0 Å². The maximum Gasteiger partial charge on any atom is 0.243 e. The Morgan fingerprint density at radius 3 is 2.41 bits per heavy atom. The Hall–Kier alpha value is -2.09. The van der Waals surface area contributed by atoms with Crippen LogP contribution in [-0.2, 0) is 14.8 Å². The molecule has 0 aliphatic carbocycles. The first kappa shape index (κ1) is 21.2. The number of benzene rings is 2. The first-order valence-electron chi connectivity index (χ1n) is 8.35. The molecule has 0 fully saturated rings. The number of halogens is 1. The number of carbonyl (C=O) groups excluding carboxylic acids is 1. The van der Waals surface area contributed by atoms with Crippen LogP contribution in [0.1, 0.15) is 5.56 Å². The number of ether oxygens (including phenoxy) is 1. The minimum Gasteiger partial charge on any atom is -0.492 e. The smallest absolute Gasteiger partial charge is 0.243 e. The molecule has 0 spiro atoms. The van der Waals surface area contributed by atoms with Crippen LogP contribution in [0.15, 0.2) is 53.4 Å². The molecule has 2 rings (SSSR count). The number of sulfonamides is 1. The maximum absolute atomic E-state index is 12.5. The van der Waals surface area contributed by atoms with Gasteiger partial charge in [0.2, 0.25) is 15.9 Å². The molecule has 27 heavy (non-hydrogen) atoms. The molecule has 0 saturated carbocycles. The topological polar surface area (TPSA) is 66.9 Å².